The summed E-state index contributed by atoms with van der Waals surface area (Å²) in [6.07, 6.45) is 8.15. The van der Waals surface area contributed by atoms with Gasteiger partial charge in [0.05, 0.1) is 0 Å². The van der Waals surface area contributed by atoms with E-state index in [2.05, 4.69) is 111 Å². The van der Waals surface area contributed by atoms with Crippen LogP contribution in [-0.2, 0) is 0 Å². The fourth-order valence-electron chi connectivity index (χ4n) is 5.52. The smallest absolute Gasteiger partial charge is 0.344 e. The van der Waals surface area contributed by atoms with Gasteiger partial charge < -0.3 is 6.15 Å². The maximum atomic E-state index is 2.39. The minimum absolute atomic E-state index is 0. The Morgan fingerprint density at radius 3 is 1.63 bits per heavy atom. The van der Waals surface area contributed by atoms with Crippen LogP contribution < -0.4 is 9.04 Å². The molecule has 0 radical (unpaired) electrons. The quantitative estimate of drug-likeness (QED) is 0.163. The molecular weight excluding hydrogens is 549 g/mol. The van der Waals surface area contributed by atoms with Crippen molar-refractivity contribution in [3.63, 3.8) is 0 Å². The van der Waals surface area contributed by atoms with Crippen LogP contribution in [0.25, 0.3) is 32.3 Å². The molecule has 3 N–H and O–H groups in total. The van der Waals surface area contributed by atoms with Crippen LogP contribution in [-0.4, -0.2) is 18.4 Å². The molecule has 0 unspecified atom stereocenters. The molecule has 4 aromatic rings. The van der Waals surface area contributed by atoms with E-state index >= 15 is 0 Å². The molecule has 0 fully saturated rings. The van der Waals surface area contributed by atoms with E-state index in [-0.39, 0.29) is 6.15 Å². The van der Waals surface area contributed by atoms with E-state index in [1.54, 1.807) is 5.56 Å². The van der Waals surface area contributed by atoms with Crippen molar-refractivity contribution in [3.05, 3.63) is 78.9 Å². The zero-order valence-corrected chi connectivity index (χ0v) is 25.7. The van der Waals surface area contributed by atoms with Crippen molar-refractivity contribution >= 4 is 42.7 Å². The minimum Gasteiger partial charge on any atom is -0.344 e. The van der Waals surface area contributed by atoms with Crippen LogP contribution in [0.15, 0.2) is 78.9 Å². The van der Waals surface area contributed by atoms with E-state index in [1.807, 2.05) is 2.89 Å². The number of fused-ring (bicyclic) bond motifs is 1. The van der Waals surface area contributed by atoms with Crippen molar-refractivity contribution in [2.75, 3.05) is 0 Å². The molecule has 4 rings (SSSR count). The summed E-state index contributed by atoms with van der Waals surface area (Å²) in [7, 11) is 0. The van der Waals surface area contributed by atoms with Gasteiger partial charge in [0.15, 0.2) is 0 Å². The van der Waals surface area contributed by atoms with Crippen molar-refractivity contribution in [1.29, 1.82) is 0 Å². The predicted octanol–water partition coefficient (Wildman–Crippen LogP) is 10.5. The molecule has 0 aliphatic rings. The van der Waals surface area contributed by atoms with Crippen molar-refractivity contribution in [2.24, 2.45) is 0 Å². The third-order valence-corrected chi connectivity index (χ3v) is 26.8. The van der Waals surface area contributed by atoms with Gasteiger partial charge in [-0.15, -0.1) is 0 Å². The largest absolute Gasteiger partial charge is 0.344 e. The van der Waals surface area contributed by atoms with Gasteiger partial charge in [-0.2, -0.15) is 0 Å². The summed E-state index contributed by atoms with van der Waals surface area (Å²) in [4.78, 5) is 0. The molecule has 0 saturated carbocycles. The minimum atomic E-state index is -2.63. The molecule has 0 amide bonds. The second-order valence-electron chi connectivity index (χ2n) is 9.81. The first-order valence-corrected chi connectivity index (χ1v) is 21.7. The van der Waals surface area contributed by atoms with Crippen LogP contribution in [0.1, 0.15) is 59.3 Å². The Labute approximate surface area is 221 Å². The van der Waals surface area contributed by atoms with Gasteiger partial charge in [-0.05, 0) is 0 Å². The molecule has 0 aliphatic heterocycles. The van der Waals surface area contributed by atoms with Crippen molar-refractivity contribution in [1.82, 2.24) is 6.15 Å². The normalized spacial score (nSPS) is 11.5. The van der Waals surface area contributed by atoms with Crippen molar-refractivity contribution < 1.29 is 0 Å². The van der Waals surface area contributed by atoms with Crippen LogP contribution in [0.5, 0.6) is 0 Å². The summed E-state index contributed by atoms with van der Waals surface area (Å²) in [6.45, 7) is 7.15. The molecule has 1 heterocycles. The fourth-order valence-corrected chi connectivity index (χ4v) is 26.8. The second-order valence-corrected chi connectivity index (χ2v) is 24.9. The Bertz CT molecular complexity index is 1140. The number of benzene rings is 3. The van der Waals surface area contributed by atoms with Gasteiger partial charge >= 0.3 is 216 Å². The van der Waals surface area contributed by atoms with E-state index in [4.69, 9.17) is 0 Å². The van der Waals surface area contributed by atoms with Crippen molar-refractivity contribution in [2.45, 2.75) is 72.6 Å². The third kappa shape index (κ3) is 6.21. The van der Waals surface area contributed by atoms with Gasteiger partial charge in [-0.25, -0.2) is 0 Å². The van der Waals surface area contributed by atoms with E-state index < -0.39 is 18.4 Å². The molecule has 1 nitrogen and oxygen atoms in total. The number of unbranched alkanes of at least 4 members (excludes halogenated alkanes) is 3. The molecular formula is C32H43NSSn. The molecule has 3 heteroatoms. The Morgan fingerprint density at radius 2 is 1.11 bits per heavy atom. The van der Waals surface area contributed by atoms with E-state index in [1.165, 1.54) is 78.6 Å². The Morgan fingerprint density at radius 1 is 0.600 bits per heavy atom. The average molecular weight is 592 g/mol. The zero-order chi connectivity index (χ0) is 23.8. The van der Waals surface area contributed by atoms with Crippen molar-refractivity contribution in [3.8, 4) is 22.3 Å². The van der Waals surface area contributed by atoms with Crippen LogP contribution in [0.2, 0.25) is 13.3 Å². The fraction of sp³-hybridized carbons (Fsp3) is 0.375. The third-order valence-electron chi connectivity index (χ3n) is 7.37. The SMILES string of the molecule is CCC[CH2][Sn]([CH2]CCC)([CH2]CCC)[c]1sc2cccc(-c3ccccc3)c2c1-c1ccccc1.N. The summed E-state index contributed by atoms with van der Waals surface area (Å²) in [6, 6.07) is 29.4. The van der Waals surface area contributed by atoms with Crippen LogP contribution in [0.4, 0.5) is 0 Å². The summed E-state index contributed by atoms with van der Waals surface area (Å²) < 4.78 is 7.88. The predicted molar refractivity (Wildman–Crippen MR) is 162 cm³/mol. The molecule has 35 heavy (non-hydrogen) atoms. The van der Waals surface area contributed by atoms with Gasteiger partial charge in [0.1, 0.15) is 0 Å². The van der Waals surface area contributed by atoms with Crippen LogP contribution in [0, 0.1) is 0 Å². The van der Waals surface area contributed by atoms with Gasteiger partial charge in [0.25, 0.3) is 0 Å². The van der Waals surface area contributed by atoms with Crippen LogP contribution in [0.3, 0.4) is 0 Å². The van der Waals surface area contributed by atoms with Gasteiger partial charge in [0.2, 0.25) is 0 Å². The monoisotopic (exact) mass is 593 g/mol. The molecule has 0 aliphatic carbocycles. The van der Waals surface area contributed by atoms with Gasteiger partial charge in [-0.3, -0.25) is 0 Å². The first-order chi connectivity index (χ1) is 16.7. The molecule has 186 valence electrons. The van der Waals surface area contributed by atoms with E-state index in [0.717, 1.165) is 0 Å². The van der Waals surface area contributed by atoms with Gasteiger partial charge in [-0.1, -0.05) is 0 Å². The molecule has 0 spiro atoms. The summed E-state index contributed by atoms with van der Waals surface area (Å²) in [5, 5.41) is 1.51. The molecule has 1 aromatic heterocycles. The molecule has 0 saturated heterocycles. The maximum absolute atomic E-state index is 2.63. The van der Waals surface area contributed by atoms with Crippen LogP contribution >= 0.6 is 11.3 Å². The first kappa shape index (κ1) is 28.0. The maximum Gasteiger partial charge on any atom is -0.344 e. The number of hydrogen-bond donors (Lipinski definition) is 1. The summed E-state index contributed by atoms with van der Waals surface area (Å²) in [5.41, 5.74) is 5.77. The Kier molecular flexibility index (Phi) is 10.9. The zero-order valence-electron chi connectivity index (χ0n) is 22.0. The Balaban J connectivity index is 0.00000342. The summed E-state index contributed by atoms with van der Waals surface area (Å²) >= 11 is -0.454. The Hall–Kier alpha value is -1.62. The average Bonchev–Trinajstić information content (AvgIpc) is 3.30. The second kappa shape index (κ2) is 13.6. The van der Waals surface area contributed by atoms with E-state index in [9.17, 15) is 0 Å². The standard InChI is InChI=1S/C20H13S.3C4H9.H3N.Sn/c1-3-8-15(9-4-1)17-12-7-13-19-20(17)18(14-21-19)16-10-5-2-6-11-16;3*1-3-4-2;;/h1-13H;3*1,3-4H2,2H3;1H3;. The number of hydrogen-bond acceptors (Lipinski definition) is 2. The number of thiophene rings is 1. The molecule has 0 bridgehead atoms. The first-order valence-electron chi connectivity index (χ1n) is 13.4. The van der Waals surface area contributed by atoms with E-state index in [0.29, 0.717) is 0 Å². The molecule has 3 aromatic carbocycles. The topological polar surface area (TPSA) is 35.0 Å². The van der Waals surface area contributed by atoms with Gasteiger partial charge in [0, 0.05) is 0 Å². The molecule has 0 atom stereocenters. The number of rotatable bonds is 12. The summed E-state index contributed by atoms with van der Waals surface area (Å²) in [5.74, 6) is 0.